The summed E-state index contributed by atoms with van der Waals surface area (Å²) in [6.07, 6.45) is 1.18. The molecule has 1 aromatic rings. The van der Waals surface area contributed by atoms with Crippen LogP contribution in [0.4, 0.5) is 13.2 Å². The molecule has 0 atom stereocenters. The van der Waals surface area contributed by atoms with E-state index in [-0.39, 0.29) is 29.8 Å². The summed E-state index contributed by atoms with van der Waals surface area (Å²) in [5.74, 6) is -0.179. The van der Waals surface area contributed by atoms with E-state index in [4.69, 9.17) is 0 Å². The molecule has 0 aliphatic heterocycles. The second-order valence-corrected chi connectivity index (χ2v) is 5.21. The third-order valence-electron chi connectivity index (χ3n) is 2.72. The molecule has 0 unspecified atom stereocenters. The Balaban J connectivity index is 2.92. The highest BCUT2D eigenvalue weighted by Gasteiger charge is 2.28. The molecule has 0 spiro atoms. The van der Waals surface area contributed by atoms with Gasteiger partial charge in [0, 0.05) is 11.4 Å². The van der Waals surface area contributed by atoms with Gasteiger partial charge in [-0.2, -0.15) is 18.3 Å². The van der Waals surface area contributed by atoms with Gasteiger partial charge < -0.3 is 0 Å². The number of aromatic nitrogens is 2. The summed E-state index contributed by atoms with van der Waals surface area (Å²) >= 11 is -0.0671. The molecule has 0 saturated heterocycles. The van der Waals surface area contributed by atoms with Crippen molar-refractivity contribution in [2.75, 3.05) is 5.75 Å². The molecule has 0 radical (unpaired) electrons. The SMILES string of the molecule is CCc1nn(CCSC(F)(F)F)c(CC)c1C(C)=O. The molecule has 0 aliphatic carbocycles. The van der Waals surface area contributed by atoms with Gasteiger partial charge in [0.2, 0.25) is 0 Å². The normalized spacial score (nSPS) is 11.9. The van der Waals surface area contributed by atoms with E-state index in [0.29, 0.717) is 24.1 Å². The van der Waals surface area contributed by atoms with Gasteiger partial charge in [-0.3, -0.25) is 9.48 Å². The van der Waals surface area contributed by atoms with Crippen LogP contribution in [0, 0.1) is 0 Å². The van der Waals surface area contributed by atoms with Crippen LogP contribution in [0.25, 0.3) is 0 Å². The van der Waals surface area contributed by atoms with Gasteiger partial charge in [0.1, 0.15) is 0 Å². The molecule has 0 aliphatic rings. The lowest BCUT2D eigenvalue weighted by Crippen LogP contribution is -2.11. The monoisotopic (exact) mass is 294 g/mol. The third kappa shape index (κ3) is 4.26. The van der Waals surface area contributed by atoms with Crippen molar-refractivity contribution in [1.29, 1.82) is 0 Å². The third-order valence-corrected chi connectivity index (χ3v) is 3.43. The average Bonchev–Trinajstić information content (AvgIpc) is 2.65. The van der Waals surface area contributed by atoms with Crippen molar-refractivity contribution in [3.63, 3.8) is 0 Å². The van der Waals surface area contributed by atoms with Crippen molar-refractivity contribution >= 4 is 17.5 Å². The predicted octanol–water partition coefficient (Wildman–Crippen LogP) is 3.46. The van der Waals surface area contributed by atoms with Gasteiger partial charge in [-0.15, -0.1) is 0 Å². The number of alkyl halides is 3. The van der Waals surface area contributed by atoms with Gasteiger partial charge >= 0.3 is 5.51 Å². The summed E-state index contributed by atoms with van der Waals surface area (Å²) in [7, 11) is 0. The van der Waals surface area contributed by atoms with Crippen molar-refractivity contribution in [2.45, 2.75) is 45.7 Å². The first kappa shape index (κ1) is 16.1. The smallest absolute Gasteiger partial charge is 0.294 e. The summed E-state index contributed by atoms with van der Waals surface area (Å²) in [6.45, 7) is 5.37. The molecule has 0 amide bonds. The number of ketones is 1. The Kier molecular flexibility index (Phi) is 5.46. The Morgan fingerprint density at radius 1 is 1.32 bits per heavy atom. The minimum Gasteiger partial charge on any atom is -0.294 e. The maximum atomic E-state index is 12.1. The minimum atomic E-state index is -4.23. The molecule has 1 heterocycles. The molecule has 3 nitrogen and oxygen atoms in total. The van der Waals surface area contributed by atoms with Crippen LogP contribution in [0.3, 0.4) is 0 Å². The van der Waals surface area contributed by atoms with Crippen LogP contribution in [-0.4, -0.2) is 26.8 Å². The second kappa shape index (κ2) is 6.45. The number of carbonyl (C=O) groups is 1. The zero-order valence-corrected chi connectivity index (χ0v) is 12.0. The van der Waals surface area contributed by atoms with Crippen molar-refractivity contribution in [1.82, 2.24) is 9.78 Å². The Hall–Kier alpha value is -0.980. The maximum absolute atomic E-state index is 12.1. The first-order chi connectivity index (χ1) is 8.80. The lowest BCUT2D eigenvalue weighted by Gasteiger charge is -2.08. The summed E-state index contributed by atoms with van der Waals surface area (Å²) in [5.41, 5.74) is -2.26. The molecule has 1 aromatic heterocycles. The molecule has 19 heavy (non-hydrogen) atoms. The lowest BCUT2D eigenvalue weighted by molar-refractivity contribution is -0.0328. The van der Waals surface area contributed by atoms with Crippen molar-refractivity contribution in [3.05, 3.63) is 17.0 Å². The van der Waals surface area contributed by atoms with E-state index in [0.717, 1.165) is 5.69 Å². The topological polar surface area (TPSA) is 34.9 Å². The summed E-state index contributed by atoms with van der Waals surface area (Å²) < 4.78 is 37.8. The van der Waals surface area contributed by atoms with Gasteiger partial charge in [0.25, 0.3) is 0 Å². The van der Waals surface area contributed by atoms with Gasteiger partial charge in [-0.25, -0.2) is 0 Å². The molecule has 0 N–H and O–H groups in total. The molecular weight excluding hydrogens is 277 g/mol. The summed E-state index contributed by atoms with van der Waals surface area (Å²) in [6, 6.07) is 0. The van der Waals surface area contributed by atoms with E-state index in [9.17, 15) is 18.0 Å². The Bertz CT molecular complexity index is 455. The van der Waals surface area contributed by atoms with Crippen LogP contribution >= 0.6 is 11.8 Å². The standard InChI is InChI=1S/C12H17F3N2OS/c1-4-9-11(8(3)18)10(5-2)17(16-9)6-7-19-12(13,14)15/h4-7H2,1-3H3. The molecule has 108 valence electrons. The van der Waals surface area contributed by atoms with Crippen LogP contribution in [0.5, 0.6) is 0 Å². The van der Waals surface area contributed by atoms with Crippen molar-refractivity contribution < 1.29 is 18.0 Å². The first-order valence-electron chi connectivity index (χ1n) is 6.10. The Morgan fingerprint density at radius 2 is 1.95 bits per heavy atom. The minimum absolute atomic E-state index is 0.0671. The lowest BCUT2D eigenvalue weighted by atomic mass is 10.1. The highest BCUT2D eigenvalue weighted by molar-refractivity contribution is 8.00. The van der Waals surface area contributed by atoms with Crippen LogP contribution in [0.2, 0.25) is 0 Å². The van der Waals surface area contributed by atoms with Gasteiger partial charge in [0.15, 0.2) is 5.78 Å². The van der Waals surface area contributed by atoms with Crippen molar-refractivity contribution in [2.24, 2.45) is 0 Å². The Labute approximate surface area is 114 Å². The number of halogens is 3. The first-order valence-corrected chi connectivity index (χ1v) is 7.08. The van der Waals surface area contributed by atoms with E-state index in [1.165, 1.54) is 11.6 Å². The summed E-state index contributed by atoms with van der Waals surface area (Å²) in [5, 5.41) is 4.26. The van der Waals surface area contributed by atoms with Crippen LogP contribution in [-0.2, 0) is 19.4 Å². The number of Topliss-reactive ketones (excluding diaryl/α,β-unsaturated/α-hetero) is 1. The highest BCUT2D eigenvalue weighted by Crippen LogP contribution is 2.30. The van der Waals surface area contributed by atoms with Gasteiger partial charge in [0.05, 0.1) is 17.8 Å². The number of aryl methyl sites for hydroxylation is 2. The average molecular weight is 294 g/mol. The zero-order valence-electron chi connectivity index (χ0n) is 11.2. The Morgan fingerprint density at radius 3 is 2.37 bits per heavy atom. The fraction of sp³-hybridized carbons (Fsp3) is 0.667. The molecule has 0 bridgehead atoms. The van der Waals surface area contributed by atoms with Gasteiger partial charge in [-0.1, -0.05) is 13.8 Å². The predicted molar refractivity (Wildman–Crippen MR) is 69.5 cm³/mol. The van der Waals surface area contributed by atoms with E-state index in [1.807, 2.05) is 13.8 Å². The fourth-order valence-electron chi connectivity index (χ4n) is 2.00. The van der Waals surface area contributed by atoms with E-state index < -0.39 is 5.51 Å². The second-order valence-electron chi connectivity index (χ2n) is 4.05. The largest absolute Gasteiger partial charge is 0.441 e. The van der Waals surface area contributed by atoms with E-state index in [2.05, 4.69) is 5.10 Å². The van der Waals surface area contributed by atoms with Crippen LogP contribution in [0.1, 0.15) is 42.5 Å². The fourth-order valence-corrected chi connectivity index (χ4v) is 2.49. The highest BCUT2D eigenvalue weighted by atomic mass is 32.2. The number of nitrogens with zero attached hydrogens (tertiary/aromatic N) is 2. The summed E-state index contributed by atoms with van der Waals surface area (Å²) in [4.78, 5) is 11.6. The van der Waals surface area contributed by atoms with Crippen LogP contribution in [0.15, 0.2) is 0 Å². The number of hydrogen-bond donors (Lipinski definition) is 0. The number of hydrogen-bond acceptors (Lipinski definition) is 3. The van der Waals surface area contributed by atoms with E-state index in [1.54, 1.807) is 0 Å². The molecule has 7 heteroatoms. The molecule has 1 rings (SSSR count). The van der Waals surface area contributed by atoms with E-state index >= 15 is 0 Å². The number of carbonyl (C=O) groups excluding carboxylic acids is 1. The molecule has 0 saturated carbocycles. The number of thioether (sulfide) groups is 1. The zero-order chi connectivity index (χ0) is 14.6. The molecular formula is C12H17F3N2OS. The molecule has 0 aromatic carbocycles. The quantitative estimate of drug-likeness (QED) is 0.754. The van der Waals surface area contributed by atoms with Crippen molar-refractivity contribution in [3.8, 4) is 0 Å². The number of rotatable bonds is 6. The maximum Gasteiger partial charge on any atom is 0.441 e. The van der Waals surface area contributed by atoms with Crippen LogP contribution < -0.4 is 0 Å². The molecule has 0 fully saturated rings. The van der Waals surface area contributed by atoms with Gasteiger partial charge in [-0.05, 0) is 31.5 Å².